The van der Waals surface area contributed by atoms with Crippen LogP contribution in [0.15, 0.2) is 41.5 Å². The summed E-state index contributed by atoms with van der Waals surface area (Å²) >= 11 is 0. The van der Waals surface area contributed by atoms with Gasteiger partial charge >= 0.3 is 5.97 Å². The van der Waals surface area contributed by atoms with E-state index in [1.54, 1.807) is 0 Å². The summed E-state index contributed by atoms with van der Waals surface area (Å²) < 4.78 is 14.0. The molecule has 0 radical (unpaired) electrons. The SMILES string of the molecule is O=C(O)c1cccc(=O)n1Cc1cncc(F)c1. The molecule has 92 valence electrons. The van der Waals surface area contributed by atoms with Crippen molar-refractivity contribution in [2.24, 2.45) is 0 Å². The van der Waals surface area contributed by atoms with Crippen molar-refractivity contribution < 1.29 is 14.3 Å². The van der Waals surface area contributed by atoms with Crippen LogP contribution in [0.4, 0.5) is 4.39 Å². The number of nitrogens with zero attached hydrogens (tertiary/aromatic N) is 2. The molecule has 0 bridgehead atoms. The maximum absolute atomic E-state index is 13.0. The van der Waals surface area contributed by atoms with Crippen LogP contribution in [-0.2, 0) is 6.54 Å². The van der Waals surface area contributed by atoms with Crippen molar-refractivity contribution in [3.63, 3.8) is 0 Å². The van der Waals surface area contributed by atoms with E-state index in [2.05, 4.69) is 4.98 Å². The van der Waals surface area contributed by atoms with Gasteiger partial charge in [-0.05, 0) is 17.7 Å². The number of carboxylic acids is 1. The molecule has 0 fully saturated rings. The molecule has 2 rings (SSSR count). The first-order valence-corrected chi connectivity index (χ1v) is 5.10. The monoisotopic (exact) mass is 248 g/mol. The van der Waals surface area contributed by atoms with Gasteiger partial charge in [0.1, 0.15) is 11.5 Å². The average molecular weight is 248 g/mol. The first kappa shape index (κ1) is 12.0. The van der Waals surface area contributed by atoms with E-state index in [1.165, 1.54) is 30.5 Å². The summed E-state index contributed by atoms with van der Waals surface area (Å²) in [5, 5.41) is 8.97. The van der Waals surface area contributed by atoms with E-state index in [1.807, 2.05) is 0 Å². The van der Waals surface area contributed by atoms with E-state index in [0.717, 1.165) is 10.8 Å². The molecule has 0 aromatic carbocycles. The van der Waals surface area contributed by atoms with Crippen molar-refractivity contribution in [1.82, 2.24) is 9.55 Å². The smallest absolute Gasteiger partial charge is 0.352 e. The molecule has 0 aliphatic carbocycles. The maximum Gasteiger partial charge on any atom is 0.352 e. The molecule has 2 aromatic rings. The number of carboxylic acid groups (broad SMARTS) is 1. The molecule has 2 aromatic heterocycles. The third kappa shape index (κ3) is 2.42. The van der Waals surface area contributed by atoms with Crippen LogP contribution in [-0.4, -0.2) is 20.6 Å². The number of carbonyl (C=O) groups is 1. The normalized spacial score (nSPS) is 10.3. The van der Waals surface area contributed by atoms with Crippen LogP contribution in [0.25, 0.3) is 0 Å². The lowest BCUT2D eigenvalue weighted by Gasteiger charge is -2.09. The Morgan fingerprint density at radius 1 is 1.39 bits per heavy atom. The van der Waals surface area contributed by atoms with Gasteiger partial charge in [-0.3, -0.25) is 14.3 Å². The Morgan fingerprint density at radius 2 is 2.17 bits per heavy atom. The number of rotatable bonds is 3. The highest BCUT2D eigenvalue weighted by Crippen LogP contribution is 2.05. The summed E-state index contributed by atoms with van der Waals surface area (Å²) in [7, 11) is 0. The Balaban J connectivity index is 2.46. The first-order chi connectivity index (χ1) is 8.58. The van der Waals surface area contributed by atoms with Gasteiger partial charge in [-0.1, -0.05) is 6.07 Å². The molecule has 6 heteroatoms. The third-order valence-corrected chi connectivity index (χ3v) is 2.37. The molecule has 1 N–H and O–H groups in total. The second-order valence-electron chi connectivity index (χ2n) is 3.65. The van der Waals surface area contributed by atoms with E-state index in [4.69, 9.17) is 5.11 Å². The van der Waals surface area contributed by atoms with Crippen molar-refractivity contribution in [3.05, 3.63) is 64.1 Å². The van der Waals surface area contributed by atoms with Crippen LogP contribution in [0.1, 0.15) is 16.1 Å². The number of hydrogen-bond acceptors (Lipinski definition) is 3. The van der Waals surface area contributed by atoms with Crippen molar-refractivity contribution in [2.75, 3.05) is 0 Å². The summed E-state index contributed by atoms with van der Waals surface area (Å²) in [5.41, 5.74) is -0.184. The number of aromatic nitrogens is 2. The van der Waals surface area contributed by atoms with Gasteiger partial charge in [0.2, 0.25) is 0 Å². The summed E-state index contributed by atoms with van der Waals surface area (Å²) in [6.45, 7) is -0.0356. The standard InChI is InChI=1S/C12H9FN2O3/c13-9-4-8(5-14-6-9)7-15-10(12(17)18)2-1-3-11(15)16/h1-6H,7H2,(H,17,18). The molecule has 0 saturated carbocycles. The largest absolute Gasteiger partial charge is 0.477 e. The highest BCUT2D eigenvalue weighted by atomic mass is 19.1. The Morgan fingerprint density at radius 3 is 2.83 bits per heavy atom. The molecule has 2 heterocycles. The predicted molar refractivity (Wildman–Crippen MR) is 61.0 cm³/mol. The summed E-state index contributed by atoms with van der Waals surface area (Å²) in [6.07, 6.45) is 2.42. The average Bonchev–Trinajstić information content (AvgIpc) is 2.31. The van der Waals surface area contributed by atoms with Gasteiger partial charge in [0.05, 0.1) is 12.7 Å². The second kappa shape index (κ2) is 4.79. The fourth-order valence-corrected chi connectivity index (χ4v) is 1.59. The van der Waals surface area contributed by atoms with Crippen LogP contribution in [0.3, 0.4) is 0 Å². The minimum absolute atomic E-state index is 0.0356. The molecule has 18 heavy (non-hydrogen) atoms. The molecule has 0 unspecified atom stereocenters. The zero-order chi connectivity index (χ0) is 13.1. The van der Waals surface area contributed by atoms with Crippen molar-refractivity contribution in [3.8, 4) is 0 Å². The lowest BCUT2D eigenvalue weighted by atomic mass is 10.2. The van der Waals surface area contributed by atoms with Gasteiger partial charge in [0.15, 0.2) is 0 Å². The molecule has 0 atom stereocenters. The zero-order valence-corrected chi connectivity index (χ0v) is 9.21. The number of pyridine rings is 2. The van der Waals surface area contributed by atoms with Gasteiger partial charge in [-0.15, -0.1) is 0 Å². The van der Waals surface area contributed by atoms with Crippen molar-refractivity contribution >= 4 is 5.97 Å². The summed E-state index contributed by atoms with van der Waals surface area (Å²) in [6, 6.07) is 5.14. The molecule has 0 aliphatic heterocycles. The van der Waals surface area contributed by atoms with Crippen LogP contribution in [0.5, 0.6) is 0 Å². The molecule has 0 amide bonds. The number of hydrogen-bond donors (Lipinski definition) is 1. The van der Waals surface area contributed by atoms with Gasteiger partial charge in [-0.25, -0.2) is 9.18 Å². The van der Waals surface area contributed by atoms with E-state index in [9.17, 15) is 14.0 Å². The zero-order valence-electron chi connectivity index (χ0n) is 9.21. The lowest BCUT2D eigenvalue weighted by molar-refractivity contribution is 0.0684. The molecular weight excluding hydrogens is 239 g/mol. The number of halogens is 1. The quantitative estimate of drug-likeness (QED) is 0.883. The third-order valence-electron chi connectivity index (χ3n) is 2.37. The Labute approximate surface area is 101 Å². The van der Waals surface area contributed by atoms with Crippen LogP contribution in [0.2, 0.25) is 0 Å². The lowest BCUT2D eigenvalue weighted by Crippen LogP contribution is -2.25. The Bertz CT molecular complexity index is 652. The molecule has 0 aliphatic rings. The van der Waals surface area contributed by atoms with Gasteiger partial charge in [-0.2, -0.15) is 0 Å². The van der Waals surface area contributed by atoms with Crippen LogP contribution >= 0.6 is 0 Å². The predicted octanol–water partition coefficient (Wildman–Crippen LogP) is 1.13. The molecular formula is C12H9FN2O3. The van der Waals surface area contributed by atoms with Crippen LogP contribution < -0.4 is 5.56 Å². The fourth-order valence-electron chi connectivity index (χ4n) is 1.59. The van der Waals surface area contributed by atoms with Crippen molar-refractivity contribution in [1.29, 1.82) is 0 Å². The van der Waals surface area contributed by atoms with Crippen LogP contribution in [0, 0.1) is 5.82 Å². The first-order valence-electron chi connectivity index (χ1n) is 5.10. The minimum Gasteiger partial charge on any atom is -0.477 e. The summed E-state index contributed by atoms with van der Waals surface area (Å²) in [4.78, 5) is 26.2. The van der Waals surface area contributed by atoms with Gasteiger partial charge in [0, 0.05) is 12.3 Å². The van der Waals surface area contributed by atoms with Crippen molar-refractivity contribution in [2.45, 2.75) is 6.54 Å². The maximum atomic E-state index is 13.0. The minimum atomic E-state index is -1.21. The molecule has 0 saturated heterocycles. The Hall–Kier alpha value is -2.50. The highest BCUT2D eigenvalue weighted by Gasteiger charge is 2.11. The van der Waals surface area contributed by atoms with Gasteiger partial charge in [0.25, 0.3) is 5.56 Å². The molecule has 0 spiro atoms. The van der Waals surface area contributed by atoms with E-state index >= 15 is 0 Å². The second-order valence-corrected chi connectivity index (χ2v) is 3.65. The highest BCUT2D eigenvalue weighted by molar-refractivity contribution is 5.85. The Kier molecular flexibility index (Phi) is 3.18. The van der Waals surface area contributed by atoms with E-state index in [-0.39, 0.29) is 12.2 Å². The van der Waals surface area contributed by atoms with Gasteiger partial charge < -0.3 is 5.11 Å². The topological polar surface area (TPSA) is 72.2 Å². The fraction of sp³-hybridized carbons (Fsp3) is 0.0833. The summed E-state index contributed by atoms with van der Waals surface area (Å²) in [5.74, 6) is -1.74. The number of aromatic carboxylic acids is 1. The van der Waals surface area contributed by atoms with E-state index < -0.39 is 17.3 Å². The molecule has 5 nitrogen and oxygen atoms in total. The van der Waals surface area contributed by atoms with E-state index in [0.29, 0.717) is 5.56 Å².